The van der Waals surface area contributed by atoms with Crippen LogP contribution >= 0.6 is 0 Å². The predicted octanol–water partition coefficient (Wildman–Crippen LogP) is 2.60. The highest BCUT2D eigenvalue weighted by atomic mass is 16.5. The van der Waals surface area contributed by atoms with Crippen molar-refractivity contribution < 1.29 is 9.32 Å². The molecule has 2 fully saturated rings. The van der Waals surface area contributed by atoms with E-state index in [-0.39, 0.29) is 5.92 Å². The van der Waals surface area contributed by atoms with Crippen molar-refractivity contribution in [1.82, 2.24) is 15.0 Å². The van der Waals surface area contributed by atoms with Gasteiger partial charge in [0.25, 0.3) is 0 Å². The lowest BCUT2D eigenvalue weighted by atomic mass is 9.95. The lowest BCUT2D eigenvalue weighted by molar-refractivity contribution is -0.137. The molecule has 3 heterocycles. The van der Waals surface area contributed by atoms with E-state index in [4.69, 9.17) is 4.52 Å². The van der Waals surface area contributed by atoms with Crippen LogP contribution in [0.2, 0.25) is 0 Å². The molecule has 0 saturated carbocycles. The van der Waals surface area contributed by atoms with Crippen molar-refractivity contribution in [3.8, 4) is 0 Å². The lowest BCUT2D eigenvalue weighted by Gasteiger charge is -2.33. The highest BCUT2D eigenvalue weighted by Gasteiger charge is 2.29. The van der Waals surface area contributed by atoms with Crippen molar-refractivity contribution in [2.45, 2.75) is 52.0 Å². The molecular formula is C17H27N3O2. The van der Waals surface area contributed by atoms with E-state index in [1.54, 1.807) is 0 Å². The normalized spacial score (nSPS) is 21.8. The Morgan fingerprint density at radius 2 is 1.86 bits per heavy atom. The molecule has 5 nitrogen and oxygen atoms in total. The molecule has 0 bridgehead atoms. The van der Waals surface area contributed by atoms with Crippen LogP contribution in [0, 0.1) is 12.8 Å². The molecule has 2 saturated heterocycles. The van der Waals surface area contributed by atoms with Gasteiger partial charge in [-0.2, -0.15) is 0 Å². The van der Waals surface area contributed by atoms with Gasteiger partial charge >= 0.3 is 0 Å². The van der Waals surface area contributed by atoms with Crippen LogP contribution in [-0.2, 0) is 11.3 Å². The minimum atomic E-state index is 0.230. The molecule has 0 aliphatic carbocycles. The molecule has 0 atom stereocenters. The van der Waals surface area contributed by atoms with Crippen molar-refractivity contribution in [1.29, 1.82) is 0 Å². The Hall–Kier alpha value is -1.36. The van der Waals surface area contributed by atoms with E-state index in [0.29, 0.717) is 5.91 Å². The summed E-state index contributed by atoms with van der Waals surface area (Å²) in [6.45, 7) is 6.66. The number of hydrogen-bond donors (Lipinski definition) is 0. The molecule has 22 heavy (non-hydrogen) atoms. The number of piperidine rings is 1. The van der Waals surface area contributed by atoms with Crippen LogP contribution in [0.5, 0.6) is 0 Å². The van der Waals surface area contributed by atoms with Gasteiger partial charge in [-0.1, -0.05) is 18.0 Å². The molecule has 0 aromatic carbocycles. The number of likely N-dealkylation sites (tertiary alicyclic amines) is 2. The van der Waals surface area contributed by atoms with Crippen LogP contribution in [-0.4, -0.2) is 47.0 Å². The predicted molar refractivity (Wildman–Crippen MR) is 84.3 cm³/mol. The van der Waals surface area contributed by atoms with Gasteiger partial charge in [-0.3, -0.25) is 9.69 Å². The van der Waals surface area contributed by atoms with Crippen molar-refractivity contribution in [2.24, 2.45) is 5.92 Å². The summed E-state index contributed by atoms with van der Waals surface area (Å²) in [6, 6.07) is 1.99. The quantitative estimate of drug-likeness (QED) is 0.861. The molecule has 0 spiro atoms. The molecule has 5 heteroatoms. The second kappa shape index (κ2) is 7.27. The molecule has 122 valence electrons. The summed E-state index contributed by atoms with van der Waals surface area (Å²) in [5, 5.41) is 4.06. The monoisotopic (exact) mass is 305 g/mol. The summed E-state index contributed by atoms with van der Waals surface area (Å²) in [5.41, 5.74) is 0.995. The van der Waals surface area contributed by atoms with Gasteiger partial charge in [0.1, 0.15) is 5.76 Å². The molecule has 1 aromatic rings. The number of carbonyl (C=O) groups excluding carboxylic acids is 1. The number of amides is 1. The minimum Gasteiger partial charge on any atom is -0.361 e. The van der Waals surface area contributed by atoms with Gasteiger partial charge in [-0.15, -0.1) is 0 Å². The first-order chi connectivity index (χ1) is 10.7. The maximum Gasteiger partial charge on any atom is 0.225 e. The van der Waals surface area contributed by atoms with Crippen LogP contribution in [0.3, 0.4) is 0 Å². The van der Waals surface area contributed by atoms with Crippen LogP contribution in [0.1, 0.15) is 50.0 Å². The maximum absolute atomic E-state index is 12.7. The van der Waals surface area contributed by atoms with E-state index in [2.05, 4.69) is 15.0 Å². The Morgan fingerprint density at radius 3 is 2.45 bits per heavy atom. The Morgan fingerprint density at radius 1 is 1.18 bits per heavy atom. The zero-order valence-corrected chi connectivity index (χ0v) is 13.6. The van der Waals surface area contributed by atoms with Crippen LogP contribution in [0.15, 0.2) is 10.6 Å². The first kappa shape index (κ1) is 15.5. The number of nitrogens with zero attached hydrogens (tertiary/aromatic N) is 3. The summed E-state index contributed by atoms with van der Waals surface area (Å²) >= 11 is 0. The van der Waals surface area contributed by atoms with Gasteiger partial charge in [0.15, 0.2) is 0 Å². The molecular weight excluding hydrogens is 278 g/mol. The molecule has 0 radical (unpaired) electrons. The zero-order valence-electron chi connectivity index (χ0n) is 13.6. The molecule has 1 amide bonds. The second-order valence-corrected chi connectivity index (χ2v) is 6.72. The molecule has 0 unspecified atom stereocenters. The molecule has 2 aliphatic rings. The summed E-state index contributed by atoms with van der Waals surface area (Å²) in [4.78, 5) is 17.2. The van der Waals surface area contributed by atoms with Gasteiger partial charge in [0.05, 0.1) is 5.69 Å². The van der Waals surface area contributed by atoms with Crippen molar-refractivity contribution in [2.75, 3.05) is 26.2 Å². The fourth-order valence-corrected chi connectivity index (χ4v) is 3.61. The van der Waals surface area contributed by atoms with E-state index in [1.807, 2.05) is 13.0 Å². The van der Waals surface area contributed by atoms with Crippen molar-refractivity contribution in [3.63, 3.8) is 0 Å². The minimum absolute atomic E-state index is 0.230. The van der Waals surface area contributed by atoms with Gasteiger partial charge in [0.2, 0.25) is 5.91 Å². The Kier molecular flexibility index (Phi) is 5.13. The molecule has 1 aromatic heterocycles. The highest BCUT2D eigenvalue weighted by molar-refractivity contribution is 5.79. The SMILES string of the molecule is Cc1cc(CN2CCC(C(=O)N3CCCCCC3)CC2)no1. The third-order valence-electron chi connectivity index (χ3n) is 4.92. The first-order valence-corrected chi connectivity index (χ1v) is 8.66. The van der Waals surface area contributed by atoms with Crippen molar-refractivity contribution in [3.05, 3.63) is 17.5 Å². The summed E-state index contributed by atoms with van der Waals surface area (Å²) in [7, 11) is 0. The van der Waals surface area contributed by atoms with E-state index < -0.39 is 0 Å². The highest BCUT2D eigenvalue weighted by Crippen LogP contribution is 2.22. The third-order valence-corrected chi connectivity index (χ3v) is 4.92. The fourth-order valence-electron chi connectivity index (χ4n) is 3.61. The third kappa shape index (κ3) is 3.88. The van der Waals surface area contributed by atoms with Gasteiger partial charge < -0.3 is 9.42 Å². The topological polar surface area (TPSA) is 49.6 Å². The van der Waals surface area contributed by atoms with E-state index in [9.17, 15) is 4.79 Å². The fraction of sp³-hybridized carbons (Fsp3) is 0.765. The number of carbonyl (C=O) groups is 1. The Labute approximate surface area is 132 Å². The molecule has 2 aliphatic heterocycles. The molecule has 0 N–H and O–H groups in total. The average Bonchev–Trinajstić information content (AvgIpc) is 2.78. The second-order valence-electron chi connectivity index (χ2n) is 6.72. The van der Waals surface area contributed by atoms with Gasteiger partial charge in [-0.25, -0.2) is 0 Å². The zero-order chi connectivity index (χ0) is 15.4. The number of hydrogen-bond acceptors (Lipinski definition) is 4. The van der Waals surface area contributed by atoms with Crippen LogP contribution < -0.4 is 0 Å². The maximum atomic E-state index is 12.7. The molecule has 3 rings (SSSR count). The van der Waals surface area contributed by atoms with Crippen LogP contribution in [0.25, 0.3) is 0 Å². The summed E-state index contributed by atoms with van der Waals surface area (Å²) < 4.78 is 5.12. The summed E-state index contributed by atoms with van der Waals surface area (Å²) in [6.07, 6.45) is 6.86. The standard InChI is InChI=1S/C17H27N3O2/c1-14-12-16(18-22-14)13-19-10-6-15(7-11-19)17(21)20-8-4-2-3-5-9-20/h12,15H,2-11,13H2,1H3. The smallest absolute Gasteiger partial charge is 0.225 e. The lowest BCUT2D eigenvalue weighted by Crippen LogP contribution is -2.42. The summed E-state index contributed by atoms with van der Waals surface area (Å²) in [5.74, 6) is 1.49. The number of rotatable bonds is 3. The number of aryl methyl sites for hydroxylation is 1. The van der Waals surface area contributed by atoms with E-state index >= 15 is 0 Å². The number of aromatic nitrogens is 1. The largest absolute Gasteiger partial charge is 0.361 e. The van der Waals surface area contributed by atoms with E-state index in [1.165, 1.54) is 25.7 Å². The van der Waals surface area contributed by atoms with Crippen LogP contribution in [0.4, 0.5) is 0 Å². The Bertz CT molecular complexity index is 484. The van der Waals surface area contributed by atoms with Crippen molar-refractivity contribution >= 4 is 5.91 Å². The average molecular weight is 305 g/mol. The first-order valence-electron chi connectivity index (χ1n) is 8.66. The van der Waals surface area contributed by atoms with Gasteiger partial charge in [0, 0.05) is 31.6 Å². The van der Waals surface area contributed by atoms with E-state index in [0.717, 1.165) is 57.0 Å². The van der Waals surface area contributed by atoms with Gasteiger partial charge in [-0.05, 0) is 45.7 Å². The Balaban J connectivity index is 1.47.